The van der Waals surface area contributed by atoms with Crippen LogP contribution in [-0.2, 0) is 19.6 Å². The molecule has 0 radical (unpaired) electrons. The van der Waals surface area contributed by atoms with Crippen molar-refractivity contribution < 1.29 is 32.6 Å². The first kappa shape index (κ1) is 31.7. The number of ether oxygens (including phenoxy) is 1. The standard InChI is InChI=1S/C34H38N4O7S/c39-32(26-11-7-13-28(21-26)46(43,44)38-17-5-4-14-29(38)33(40)41)35-27-12-6-10-25(20-27)31(24-8-2-1-3-9-24)36-34(42)45-30-22-37-18-15-23(30)16-19-37/h1-3,6-13,20-21,23,29-31H,4-5,14-19,22H2,(H,35,39)(H,36,42)(H,40,41)/t29?,30-,31?/m0/s1. The van der Waals surface area contributed by atoms with E-state index in [1.54, 1.807) is 18.2 Å². The molecular weight excluding hydrogens is 608 g/mol. The number of hydrogen-bond donors (Lipinski definition) is 3. The Bertz CT molecular complexity index is 1690. The second-order valence-electron chi connectivity index (χ2n) is 12.1. The maximum atomic E-state index is 13.4. The number of rotatable bonds is 9. The normalized spacial score (nSPS) is 23.7. The molecule has 3 atom stereocenters. The smallest absolute Gasteiger partial charge is 0.408 e. The van der Waals surface area contributed by atoms with E-state index in [0.29, 0.717) is 24.4 Å². The predicted octanol–water partition coefficient (Wildman–Crippen LogP) is 4.48. The summed E-state index contributed by atoms with van der Waals surface area (Å²) in [5.41, 5.74) is 2.11. The van der Waals surface area contributed by atoms with Gasteiger partial charge in [-0.15, -0.1) is 0 Å². The third kappa shape index (κ3) is 6.93. The number of nitrogens with one attached hydrogen (secondary N) is 2. The first-order valence-electron chi connectivity index (χ1n) is 15.7. The SMILES string of the molecule is O=C(NC(c1ccccc1)c1cccc(NC(=O)c2cccc(S(=O)(=O)N3CCCCC3C(=O)O)c2)c1)O[C@H]1CN2CCC1CC2. The molecule has 7 rings (SSSR count). The zero-order chi connectivity index (χ0) is 32.3. The van der Waals surface area contributed by atoms with Gasteiger partial charge in [0.05, 0.1) is 10.9 Å². The number of carboxylic acids is 1. The fourth-order valence-corrected chi connectivity index (χ4v) is 8.41. The fourth-order valence-electron chi connectivity index (χ4n) is 6.71. The Kier molecular flexibility index (Phi) is 9.39. The van der Waals surface area contributed by atoms with Crippen LogP contribution in [0.4, 0.5) is 10.5 Å². The molecule has 4 aliphatic rings. The molecule has 3 N–H and O–H groups in total. The lowest BCUT2D eigenvalue weighted by atomic mass is 9.86. The summed E-state index contributed by atoms with van der Waals surface area (Å²) in [6.45, 7) is 2.94. The molecule has 2 bridgehead atoms. The van der Waals surface area contributed by atoms with Crippen molar-refractivity contribution in [3.05, 3.63) is 95.6 Å². The van der Waals surface area contributed by atoms with E-state index in [1.807, 2.05) is 36.4 Å². The molecule has 11 nitrogen and oxygen atoms in total. The van der Waals surface area contributed by atoms with Crippen LogP contribution in [0.1, 0.15) is 59.6 Å². The van der Waals surface area contributed by atoms with Gasteiger partial charge in [-0.3, -0.25) is 14.5 Å². The number of carbonyl (C=O) groups excluding carboxylic acids is 2. The Hall–Kier alpha value is -4.26. The summed E-state index contributed by atoms with van der Waals surface area (Å²) >= 11 is 0. The molecule has 2 unspecified atom stereocenters. The third-order valence-electron chi connectivity index (χ3n) is 9.17. The molecule has 0 spiro atoms. The maximum Gasteiger partial charge on any atom is 0.408 e. The van der Waals surface area contributed by atoms with Crippen LogP contribution < -0.4 is 10.6 Å². The minimum absolute atomic E-state index is 0.104. The Balaban J connectivity index is 1.19. The highest BCUT2D eigenvalue weighted by atomic mass is 32.2. The lowest BCUT2D eigenvalue weighted by molar-refractivity contribution is -0.142. The van der Waals surface area contributed by atoms with Crippen molar-refractivity contribution in [1.82, 2.24) is 14.5 Å². The van der Waals surface area contributed by atoms with E-state index in [1.165, 1.54) is 24.3 Å². The second-order valence-corrected chi connectivity index (χ2v) is 14.0. The van der Waals surface area contributed by atoms with Gasteiger partial charge in [0.25, 0.3) is 5.91 Å². The lowest BCUT2D eigenvalue weighted by Crippen LogP contribution is -2.52. The summed E-state index contributed by atoms with van der Waals surface area (Å²) in [4.78, 5) is 40.5. The van der Waals surface area contributed by atoms with Crippen LogP contribution in [0.2, 0.25) is 0 Å². The highest BCUT2D eigenvalue weighted by Crippen LogP contribution is 2.31. The quantitative estimate of drug-likeness (QED) is 0.309. The van der Waals surface area contributed by atoms with E-state index in [-0.39, 0.29) is 29.5 Å². The Labute approximate surface area is 268 Å². The summed E-state index contributed by atoms with van der Waals surface area (Å²) in [6.07, 6.45) is 2.84. The van der Waals surface area contributed by atoms with Gasteiger partial charge in [0.1, 0.15) is 12.1 Å². The van der Waals surface area contributed by atoms with E-state index in [4.69, 9.17) is 4.74 Å². The molecule has 4 aliphatic heterocycles. The molecule has 4 fully saturated rings. The number of fused-ring (bicyclic) bond motifs is 3. The van der Waals surface area contributed by atoms with Crippen molar-refractivity contribution in [1.29, 1.82) is 0 Å². The molecule has 12 heteroatoms. The summed E-state index contributed by atoms with van der Waals surface area (Å²) in [6, 6.07) is 20.5. The molecule has 2 amide bonds. The van der Waals surface area contributed by atoms with Gasteiger partial charge in [-0.2, -0.15) is 4.31 Å². The van der Waals surface area contributed by atoms with Crippen LogP contribution in [0.25, 0.3) is 0 Å². The lowest BCUT2D eigenvalue weighted by Gasteiger charge is -2.43. The number of carbonyl (C=O) groups is 3. The van der Waals surface area contributed by atoms with Crippen LogP contribution in [-0.4, -0.2) is 79.0 Å². The molecule has 3 aromatic rings. The second kappa shape index (κ2) is 13.6. The molecular formula is C34H38N4O7S. The predicted molar refractivity (Wildman–Crippen MR) is 171 cm³/mol. The van der Waals surface area contributed by atoms with Crippen molar-refractivity contribution >= 4 is 33.7 Å². The Morgan fingerprint density at radius 1 is 0.848 bits per heavy atom. The van der Waals surface area contributed by atoms with Crippen molar-refractivity contribution in [2.24, 2.45) is 5.92 Å². The van der Waals surface area contributed by atoms with E-state index >= 15 is 0 Å². The molecule has 46 heavy (non-hydrogen) atoms. The fraction of sp³-hybridized carbons (Fsp3) is 0.382. The van der Waals surface area contributed by atoms with Gasteiger partial charge >= 0.3 is 12.1 Å². The van der Waals surface area contributed by atoms with Crippen molar-refractivity contribution in [3.8, 4) is 0 Å². The molecule has 242 valence electrons. The van der Waals surface area contributed by atoms with Crippen molar-refractivity contribution in [2.75, 3.05) is 31.5 Å². The Morgan fingerprint density at radius 3 is 2.30 bits per heavy atom. The largest absolute Gasteiger partial charge is 0.480 e. The number of amides is 2. The van der Waals surface area contributed by atoms with Gasteiger partial charge in [0, 0.05) is 24.3 Å². The minimum atomic E-state index is -4.14. The number of anilines is 1. The summed E-state index contributed by atoms with van der Waals surface area (Å²) < 4.78 is 33.8. The van der Waals surface area contributed by atoms with Crippen molar-refractivity contribution in [2.45, 2.75) is 55.2 Å². The first-order chi connectivity index (χ1) is 22.2. The Morgan fingerprint density at radius 2 is 1.59 bits per heavy atom. The van der Waals surface area contributed by atoms with Crippen LogP contribution >= 0.6 is 0 Å². The van der Waals surface area contributed by atoms with Crippen molar-refractivity contribution in [3.63, 3.8) is 0 Å². The molecule has 0 saturated carbocycles. The minimum Gasteiger partial charge on any atom is -0.480 e. The number of alkyl carbamates (subject to hydrolysis) is 1. The van der Waals surface area contributed by atoms with E-state index in [9.17, 15) is 27.9 Å². The van der Waals surface area contributed by atoms with E-state index in [0.717, 1.165) is 47.9 Å². The topological polar surface area (TPSA) is 145 Å². The van der Waals surface area contributed by atoms with Gasteiger partial charge in [0.2, 0.25) is 10.0 Å². The van der Waals surface area contributed by atoms with Crippen LogP contribution in [0.3, 0.4) is 0 Å². The number of sulfonamides is 1. The maximum absolute atomic E-state index is 13.4. The molecule has 3 aromatic carbocycles. The number of carboxylic acid groups (broad SMARTS) is 1. The number of piperidine rings is 4. The van der Waals surface area contributed by atoms with Gasteiger partial charge in [-0.1, -0.05) is 48.5 Å². The molecule has 4 saturated heterocycles. The van der Waals surface area contributed by atoms with Gasteiger partial charge < -0.3 is 20.5 Å². The number of benzene rings is 3. The van der Waals surface area contributed by atoms with E-state index < -0.39 is 40.1 Å². The zero-order valence-electron chi connectivity index (χ0n) is 25.4. The van der Waals surface area contributed by atoms with Crippen LogP contribution in [0, 0.1) is 5.92 Å². The third-order valence-corrected chi connectivity index (χ3v) is 11.1. The summed E-state index contributed by atoms with van der Waals surface area (Å²) in [7, 11) is -4.14. The van der Waals surface area contributed by atoms with Crippen LogP contribution in [0.5, 0.6) is 0 Å². The van der Waals surface area contributed by atoms with E-state index in [2.05, 4.69) is 15.5 Å². The molecule has 4 heterocycles. The van der Waals surface area contributed by atoms with Gasteiger partial charge in [-0.25, -0.2) is 13.2 Å². The summed E-state index contributed by atoms with van der Waals surface area (Å²) in [5.74, 6) is -1.35. The monoisotopic (exact) mass is 646 g/mol. The average molecular weight is 647 g/mol. The van der Waals surface area contributed by atoms with Crippen LogP contribution in [0.15, 0.2) is 83.8 Å². The number of aliphatic carboxylic acids is 1. The zero-order valence-corrected chi connectivity index (χ0v) is 26.2. The highest BCUT2D eigenvalue weighted by molar-refractivity contribution is 7.89. The highest BCUT2D eigenvalue weighted by Gasteiger charge is 2.38. The first-order valence-corrected chi connectivity index (χ1v) is 17.1. The molecule has 0 aliphatic carbocycles. The average Bonchev–Trinajstić information content (AvgIpc) is 3.08. The number of nitrogens with zero attached hydrogens (tertiary/aromatic N) is 2. The number of hydrogen-bond acceptors (Lipinski definition) is 7. The van der Waals surface area contributed by atoms with Gasteiger partial charge in [-0.05, 0) is 92.6 Å². The van der Waals surface area contributed by atoms with Gasteiger partial charge in [0.15, 0.2) is 0 Å². The molecule has 0 aromatic heterocycles. The summed E-state index contributed by atoms with van der Waals surface area (Å²) in [5, 5.41) is 15.5.